The van der Waals surface area contributed by atoms with Crippen LogP contribution in [0.4, 0.5) is 0 Å². The molecule has 8 nitrogen and oxygen atoms in total. The summed E-state index contributed by atoms with van der Waals surface area (Å²) >= 11 is 0. The van der Waals surface area contributed by atoms with Gasteiger partial charge in [0.1, 0.15) is 10.6 Å². The highest BCUT2D eigenvalue weighted by Crippen LogP contribution is 2.23. The van der Waals surface area contributed by atoms with E-state index >= 15 is 0 Å². The minimum absolute atomic E-state index is 0.0398. The molecule has 0 spiro atoms. The van der Waals surface area contributed by atoms with Crippen LogP contribution in [0.3, 0.4) is 0 Å². The van der Waals surface area contributed by atoms with Crippen LogP contribution in [-0.2, 0) is 23.1 Å². The first-order valence-corrected chi connectivity index (χ1v) is 13.1. The van der Waals surface area contributed by atoms with Crippen LogP contribution in [0, 0.1) is 0 Å². The van der Waals surface area contributed by atoms with Crippen molar-refractivity contribution in [2.75, 3.05) is 13.1 Å². The molecule has 0 radical (unpaired) electrons. The number of benzene rings is 2. The van der Waals surface area contributed by atoms with E-state index in [1.807, 2.05) is 71.5 Å². The number of amides is 1. The summed E-state index contributed by atoms with van der Waals surface area (Å²) in [4.78, 5) is 17.2. The number of nitrogens with one attached hydrogen (secondary N) is 2. The summed E-state index contributed by atoms with van der Waals surface area (Å²) in [7, 11) is -3.83. The Morgan fingerprint density at radius 1 is 1.00 bits per heavy atom. The van der Waals surface area contributed by atoms with Gasteiger partial charge in [-0.05, 0) is 24.5 Å². The van der Waals surface area contributed by atoms with Gasteiger partial charge in [0, 0.05) is 43.2 Å². The van der Waals surface area contributed by atoms with Crippen LogP contribution in [0.25, 0.3) is 11.3 Å². The van der Waals surface area contributed by atoms with Crippen LogP contribution >= 0.6 is 0 Å². The molecule has 9 heteroatoms. The molecule has 4 aromatic rings. The highest BCUT2D eigenvalue weighted by atomic mass is 32.2. The van der Waals surface area contributed by atoms with E-state index in [0.29, 0.717) is 19.6 Å². The summed E-state index contributed by atoms with van der Waals surface area (Å²) in [5, 5.41) is 4.75. The number of aromatic amines is 1. The summed E-state index contributed by atoms with van der Waals surface area (Å²) in [6.07, 6.45) is 5.18. The molecule has 0 saturated carbocycles. The van der Waals surface area contributed by atoms with Crippen molar-refractivity contribution in [2.45, 2.75) is 30.8 Å². The van der Waals surface area contributed by atoms with E-state index in [1.165, 1.54) is 12.3 Å². The zero-order valence-corrected chi connectivity index (χ0v) is 20.0. The fraction of sp³-hybridized carbons (Fsp3) is 0.231. The zero-order chi connectivity index (χ0) is 24.3. The quantitative estimate of drug-likeness (QED) is 0.395. The molecule has 0 aliphatic carbocycles. The van der Waals surface area contributed by atoms with Crippen molar-refractivity contribution in [1.29, 1.82) is 0 Å². The topological polar surface area (TPSA) is 100 Å². The number of nitrogens with zero attached hydrogens (tertiary/aromatic N) is 3. The number of carbonyl (C=O) groups is 1. The van der Waals surface area contributed by atoms with Gasteiger partial charge in [-0.1, -0.05) is 60.7 Å². The predicted molar refractivity (Wildman–Crippen MR) is 133 cm³/mol. The molecule has 1 fully saturated rings. The molecule has 2 aromatic heterocycles. The van der Waals surface area contributed by atoms with E-state index in [2.05, 4.69) is 9.71 Å². The summed E-state index contributed by atoms with van der Waals surface area (Å²) in [6.45, 7) is 2.05. The molecule has 0 unspecified atom stereocenters. The Kier molecular flexibility index (Phi) is 6.52. The van der Waals surface area contributed by atoms with Crippen LogP contribution in [-0.4, -0.2) is 47.1 Å². The molecular formula is C26H27N5O3S. The Morgan fingerprint density at radius 3 is 2.40 bits per heavy atom. The maximum absolute atomic E-state index is 13.0. The van der Waals surface area contributed by atoms with Crippen molar-refractivity contribution in [1.82, 2.24) is 24.4 Å². The lowest BCUT2D eigenvalue weighted by Gasteiger charge is -2.13. The molecule has 0 bridgehead atoms. The number of hydrogen-bond acceptors (Lipinski definition) is 4. The summed E-state index contributed by atoms with van der Waals surface area (Å²) in [6, 6.07) is 21.1. The van der Waals surface area contributed by atoms with Gasteiger partial charge < -0.3 is 9.88 Å². The van der Waals surface area contributed by atoms with Gasteiger partial charge in [0.25, 0.3) is 5.91 Å². The maximum Gasteiger partial charge on any atom is 0.270 e. The average molecular weight is 490 g/mol. The number of aromatic nitrogens is 3. The van der Waals surface area contributed by atoms with Crippen LogP contribution in [0.2, 0.25) is 0 Å². The Labute approximate surface area is 204 Å². The third-order valence-electron chi connectivity index (χ3n) is 6.12. The van der Waals surface area contributed by atoms with Gasteiger partial charge in [0.15, 0.2) is 0 Å². The largest absolute Gasteiger partial charge is 0.356 e. The van der Waals surface area contributed by atoms with Crippen molar-refractivity contribution in [3.05, 3.63) is 95.9 Å². The highest BCUT2D eigenvalue weighted by Gasteiger charge is 2.24. The monoisotopic (exact) mass is 489 g/mol. The fourth-order valence-corrected chi connectivity index (χ4v) is 5.28. The van der Waals surface area contributed by atoms with Crippen LogP contribution in [0.1, 0.15) is 34.5 Å². The standard InChI is InChI=1S/C26H27N5O3S/c32-26(30-13-7-8-14-30)24-15-23(17-27-24)35(33,34)28-16-22-19-31(18-20-9-3-1-4-10-20)29-25(22)21-11-5-2-6-12-21/h1-6,9-12,15,17,19,27-28H,7-8,13-14,16,18H2. The number of rotatable bonds is 8. The Hall–Kier alpha value is -3.69. The molecule has 1 aliphatic rings. The second-order valence-electron chi connectivity index (χ2n) is 8.63. The fourth-order valence-electron chi connectivity index (χ4n) is 4.28. The molecule has 2 N–H and O–H groups in total. The number of H-pyrrole nitrogens is 1. The smallest absolute Gasteiger partial charge is 0.270 e. The van der Waals surface area contributed by atoms with Gasteiger partial charge in [-0.2, -0.15) is 5.10 Å². The van der Waals surface area contributed by atoms with E-state index in [4.69, 9.17) is 5.10 Å². The van der Waals surface area contributed by atoms with Gasteiger partial charge in [0.2, 0.25) is 10.0 Å². The van der Waals surface area contributed by atoms with E-state index in [-0.39, 0.29) is 23.0 Å². The zero-order valence-electron chi connectivity index (χ0n) is 19.2. The van der Waals surface area contributed by atoms with E-state index in [0.717, 1.165) is 35.2 Å². The van der Waals surface area contributed by atoms with Gasteiger partial charge in [-0.25, -0.2) is 13.1 Å². The third-order valence-corrected chi connectivity index (χ3v) is 7.50. The van der Waals surface area contributed by atoms with Crippen molar-refractivity contribution in [3.8, 4) is 11.3 Å². The lowest BCUT2D eigenvalue weighted by Crippen LogP contribution is -2.27. The summed E-state index contributed by atoms with van der Waals surface area (Å²) < 4.78 is 30.5. The average Bonchev–Trinajstić information content (AvgIpc) is 3.65. The van der Waals surface area contributed by atoms with Crippen molar-refractivity contribution < 1.29 is 13.2 Å². The van der Waals surface area contributed by atoms with E-state index in [1.54, 1.807) is 4.90 Å². The first-order chi connectivity index (χ1) is 17.0. The molecule has 180 valence electrons. The lowest BCUT2D eigenvalue weighted by atomic mass is 10.1. The van der Waals surface area contributed by atoms with Gasteiger partial charge in [0.05, 0.1) is 12.2 Å². The first kappa shape index (κ1) is 23.1. The van der Waals surface area contributed by atoms with Crippen molar-refractivity contribution >= 4 is 15.9 Å². The number of carbonyl (C=O) groups excluding carboxylic acids is 1. The van der Waals surface area contributed by atoms with Gasteiger partial charge in [-0.3, -0.25) is 9.48 Å². The number of hydrogen-bond donors (Lipinski definition) is 2. The maximum atomic E-state index is 13.0. The number of sulfonamides is 1. The molecule has 2 aromatic carbocycles. The SMILES string of the molecule is O=C(c1cc(S(=O)(=O)NCc2cn(Cc3ccccc3)nc2-c2ccccc2)c[nH]1)N1CCCC1. The van der Waals surface area contributed by atoms with E-state index < -0.39 is 10.0 Å². The molecule has 1 amide bonds. The molecule has 5 rings (SSSR count). The minimum atomic E-state index is -3.83. The highest BCUT2D eigenvalue weighted by molar-refractivity contribution is 7.89. The molecule has 1 saturated heterocycles. The molecule has 0 atom stereocenters. The Balaban J connectivity index is 1.36. The van der Waals surface area contributed by atoms with Crippen LogP contribution < -0.4 is 4.72 Å². The summed E-state index contributed by atoms with van der Waals surface area (Å²) in [5.74, 6) is -0.169. The van der Waals surface area contributed by atoms with Crippen LogP contribution in [0.15, 0.2) is 84.0 Å². The van der Waals surface area contributed by atoms with Crippen LogP contribution in [0.5, 0.6) is 0 Å². The normalized spacial score (nSPS) is 13.9. The number of likely N-dealkylation sites (tertiary alicyclic amines) is 1. The molecular weight excluding hydrogens is 462 g/mol. The first-order valence-electron chi connectivity index (χ1n) is 11.6. The molecule has 1 aliphatic heterocycles. The van der Waals surface area contributed by atoms with Crippen molar-refractivity contribution in [2.24, 2.45) is 0 Å². The summed E-state index contributed by atoms with van der Waals surface area (Å²) in [5.41, 5.74) is 3.79. The van der Waals surface area contributed by atoms with E-state index in [9.17, 15) is 13.2 Å². The second-order valence-corrected chi connectivity index (χ2v) is 10.4. The molecule has 35 heavy (non-hydrogen) atoms. The van der Waals surface area contributed by atoms with Gasteiger partial charge >= 0.3 is 0 Å². The minimum Gasteiger partial charge on any atom is -0.356 e. The van der Waals surface area contributed by atoms with Crippen molar-refractivity contribution in [3.63, 3.8) is 0 Å². The predicted octanol–water partition coefficient (Wildman–Crippen LogP) is 3.64. The lowest BCUT2D eigenvalue weighted by molar-refractivity contribution is 0.0787. The Bertz CT molecular complexity index is 1410. The second kappa shape index (κ2) is 9.89. The molecule has 3 heterocycles. The Morgan fingerprint density at radius 2 is 1.69 bits per heavy atom. The van der Waals surface area contributed by atoms with Gasteiger partial charge in [-0.15, -0.1) is 0 Å². The third kappa shape index (κ3) is 5.21.